The summed E-state index contributed by atoms with van der Waals surface area (Å²) in [6.07, 6.45) is 6.90. The van der Waals surface area contributed by atoms with Gasteiger partial charge in [0.05, 0.1) is 12.2 Å². The molecule has 30 heavy (non-hydrogen) atoms. The lowest BCUT2D eigenvalue weighted by atomic mass is 9.80. The minimum atomic E-state index is -0.155. The van der Waals surface area contributed by atoms with Crippen LogP contribution in [0.3, 0.4) is 0 Å². The van der Waals surface area contributed by atoms with E-state index in [9.17, 15) is 0 Å². The topological polar surface area (TPSA) is 143 Å². The number of aryl methyl sites for hydroxylation is 1. The van der Waals surface area contributed by atoms with Crippen molar-refractivity contribution in [3.8, 4) is 0 Å². The lowest BCUT2D eigenvalue weighted by Gasteiger charge is -2.32. The Balaban J connectivity index is 1.74. The van der Waals surface area contributed by atoms with Gasteiger partial charge in [-0.05, 0) is 31.7 Å². The van der Waals surface area contributed by atoms with Crippen LogP contribution in [0, 0.1) is 5.92 Å². The van der Waals surface area contributed by atoms with E-state index in [2.05, 4.69) is 37.3 Å². The molecular weight excluding hydrogens is 384 g/mol. The number of nitrogens with one attached hydrogen (secondary N) is 1. The van der Waals surface area contributed by atoms with Gasteiger partial charge in [0.25, 0.3) is 0 Å². The predicted molar refractivity (Wildman–Crippen MR) is 113 cm³/mol. The van der Waals surface area contributed by atoms with E-state index in [0.717, 1.165) is 11.2 Å². The molecule has 1 saturated carbocycles. The van der Waals surface area contributed by atoms with Gasteiger partial charge in [-0.3, -0.25) is 0 Å². The molecule has 1 aliphatic carbocycles. The van der Waals surface area contributed by atoms with Gasteiger partial charge in [-0.1, -0.05) is 11.6 Å². The first-order chi connectivity index (χ1) is 14.5. The molecular formula is C19H26N10O. The highest BCUT2D eigenvalue weighted by molar-refractivity contribution is 5.97. The van der Waals surface area contributed by atoms with Gasteiger partial charge >= 0.3 is 0 Å². The van der Waals surface area contributed by atoms with Gasteiger partial charge in [0.15, 0.2) is 11.5 Å². The Morgan fingerprint density at radius 2 is 2.20 bits per heavy atom. The normalized spacial score (nSPS) is 15.8. The first-order valence-electron chi connectivity index (χ1n) is 9.93. The molecule has 0 bridgehead atoms. The lowest BCUT2D eigenvalue weighted by molar-refractivity contribution is 0.285. The van der Waals surface area contributed by atoms with Crippen LogP contribution in [-0.4, -0.2) is 53.6 Å². The van der Waals surface area contributed by atoms with Crippen molar-refractivity contribution >= 4 is 28.8 Å². The third kappa shape index (κ3) is 3.70. The molecule has 4 N–H and O–H groups in total. The van der Waals surface area contributed by atoms with Gasteiger partial charge in [-0.15, -0.1) is 0 Å². The van der Waals surface area contributed by atoms with Crippen LogP contribution in [0.1, 0.15) is 37.7 Å². The molecule has 3 aromatic heterocycles. The smallest absolute Gasteiger partial charge is 0.208 e. The summed E-state index contributed by atoms with van der Waals surface area (Å²) in [5.41, 5.74) is 7.89. The highest BCUT2D eigenvalue weighted by atomic mass is 16.4. The summed E-state index contributed by atoms with van der Waals surface area (Å²) < 4.78 is 1.95. The summed E-state index contributed by atoms with van der Waals surface area (Å²) in [5.74, 6) is 1.91. The Morgan fingerprint density at radius 1 is 1.40 bits per heavy atom. The Kier molecular flexibility index (Phi) is 5.34. The van der Waals surface area contributed by atoms with Gasteiger partial charge < -0.3 is 25.7 Å². The molecule has 1 aliphatic rings. The number of imidazole rings is 1. The number of hydrogen-bond donors (Lipinski definition) is 3. The van der Waals surface area contributed by atoms with Crippen LogP contribution < -0.4 is 16.0 Å². The van der Waals surface area contributed by atoms with Crippen LogP contribution in [0.25, 0.3) is 11.2 Å². The molecule has 11 nitrogen and oxygen atoms in total. The second-order valence-electron chi connectivity index (χ2n) is 7.70. The third-order valence-corrected chi connectivity index (χ3v) is 5.65. The molecule has 0 unspecified atom stereocenters. The maximum Gasteiger partial charge on any atom is 0.208 e. The molecule has 11 heteroatoms. The largest absolute Gasteiger partial charge is 0.409 e. The van der Waals surface area contributed by atoms with E-state index in [1.54, 1.807) is 6.20 Å². The summed E-state index contributed by atoms with van der Waals surface area (Å²) in [6, 6.07) is 2.11. The SMILES string of the molecule is C[C@@H](Nc1nc(/C(N)=N/O)nc2nc(N(C)Cc3ccncn3)n(C)c12)C1CCC1. The maximum absolute atomic E-state index is 9.10. The van der Waals surface area contributed by atoms with Crippen molar-refractivity contribution in [3.63, 3.8) is 0 Å². The number of hydrogen-bond acceptors (Lipinski definition) is 9. The molecule has 0 radical (unpaired) electrons. The first kappa shape index (κ1) is 19.8. The van der Waals surface area contributed by atoms with Crippen LogP contribution in [-0.2, 0) is 13.6 Å². The quantitative estimate of drug-likeness (QED) is 0.228. The van der Waals surface area contributed by atoms with Crippen molar-refractivity contribution in [2.24, 2.45) is 23.9 Å². The van der Waals surface area contributed by atoms with E-state index in [-0.39, 0.29) is 17.7 Å². The highest BCUT2D eigenvalue weighted by Gasteiger charge is 2.26. The van der Waals surface area contributed by atoms with Crippen molar-refractivity contribution in [2.75, 3.05) is 17.3 Å². The molecule has 3 heterocycles. The molecule has 158 valence electrons. The van der Waals surface area contributed by atoms with E-state index < -0.39 is 0 Å². The average Bonchev–Trinajstić information content (AvgIpc) is 3.03. The molecule has 0 spiro atoms. The summed E-state index contributed by atoms with van der Waals surface area (Å²) in [5, 5.41) is 15.7. The molecule has 1 atom stereocenters. The molecule has 1 fully saturated rings. The van der Waals surface area contributed by atoms with Crippen molar-refractivity contribution in [2.45, 2.75) is 38.8 Å². The standard InChI is InChI=1S/C19H26N10O/c1-11(12-5-4-6-12)23-16-14-17(25-18(24-16)15(20)27-30)26-19(29(14)3)28(2)9-13-7-8-21-10-22-13/h7-8,10-12,30H,4-6,9H2,1-3H3,(H2,20,27)(H,23,24,25)/t11-/m1/s1. The lowest BCUT2D eigenvalue weighted by Crippen LogP contribution is -2.31. The molecule has 0 aromatic carbocycles. The summed E-state index contributed by atoms with van der Waals surface area (Å²) in [7, 11) is 3.86. The molecule has 0 amide bonds. The van der Waals surface area contributed by atoms with Crippen LogP contribution in [0.15, 0.2) is 23.7 Å². The van der Waals surface area contributed by atoms with Gasteiger partial charge in [-0.25, -0.2) is 19.9 Å². The zero-order valence-corrected chi connectivity index (χ0v) is 17.3. The van der Waals surface area contributed by atoms with Crippen LogP contribution in [0.2, 0.25) is 0 Å². The van der Waals surface area contributed by atoms with E-state index in [1.165, 1.54) is 25.6 Å². The fraction of sp³-hybridized carbons (Fsp3) is 0.474. The fourth-order valence-electron chi connectivity index (χ4n) is 3.70. The van der Waals surface area contributed by atoms with Crippen LogP contribution in [0.4, 0.5) is 11.8 Å². The number of fused-ring (bicyclic) bond motifs is 1. The van der Waals surface area contributed by atoms with Crippen LogP contribution >= 0.6 is 0 Å². The number of nitrogens with zero attached hydrogens (tertiary/aromatic N) is 8. The zero-order valence-electron chi connectivity index (χ0n) is 17.3. The average molecular weight is 410 g/mol. The molecule has 0 aliphatic heterocycles. The van der Waals surface area contributed by atoms with Crippen LogP contribution in [0.5, 0.6) is 0 Å². The van der Waals surface area contributed by atoms with E-state index >= 15 is 0 Å². The maximum atomic E-state index is 9.10. The highest BCUT2D eigenvalue weighted by Crippen LogP contribution is 2.32. The van der Waals surface area contributed by atoms with Gasteiger partial charge in [-0.2, -0.15) is 4.98 Å². The first-order valence-corrected chi connectivity index (χ1v) is 9.93. The summed E-state index contributed by atoms with van der Waals surface area (Å²) >= 11 is 0. The van der Waals surface area contributed by atoms with Gasteiger partial charge in [0.1, 0.15) is 11.8 Å². The summed E-state index contributed by atoms with van der Waals surface area (Å²) in [6.45, 7) is 2.71. The minimum absolute atomic E-state index is 0.136. The van der Waals surface area contributed by atoms with Crippen molar-refractivity contribution in [1.82, 2.24) is 29.5 Å². The monoisotopic (exact) mass is 410 g/mol. The predicted octanol–water partition coefficient (Wildman–Crippen LogP) is 1.48. The third-order valence-electron chi connectivity index (χ3n) is 5.65. The van der Waals surface area contributed by atoms with E-state index in [4.69, 9.17) is 15.9 Å². The van der Waals surface area contributed by atoms with E-state index in [0.29, 0.717) is 29.9 Å². The van der Waals surface area contributed by atoms with Gasteiger partial charge in [0, 0.05) is 26.3 Å². The van der Waals surface area contributed by atoms with E-state index in [1.807, 2.05) is 29.6 Å². The van der Waals surface area contributed by atoms with Gasteiger partial charge in [0.2, 0.25) is 17.6 Å². The number of amidine groups is 1. The number of oxime groups is 1. The number of rotatable bonds is 7. The van der Waals surface area contributed by atoms with Crippen molar-refractivity contribution < 1.29 is 5.21 Å². The number of aromatic nitrogens is 6. The second kappa shape index (κ2) is 8.09. The fourth-order valence-corrected chi connectivity index (χ4v) is 3.70. The Labute approximate surface area is 174 Å². The molecule has 4 rings (SSSR count). The van der Waals surface area contributed by atoms with Crippen molar-refractivity contribution in [1.29, 1.82) is 0 Å². The Morgan fingerprint density at radius 3 is 2.83 bits per heavy atom. The Hall–Kier alpha value is -3.50. The zero-order chi connectivity index (χ0) is 21.3. The second-order valence-corrected chi connectivity index (χ2v) is 7.70. The number of nitrogens with two attached hydrogens (primary N) is 1. The minimum Gasteiger partial charge on any atom is -0.409 e. The molecule has 0 saturated heterocycles. The summed E-state index contributed by atoms with van der Waals surface area (Å²) in [4.78, 5) is 23.9. The molecule has 3 aromatic rings. The van der Waals surface area contributed by atoms with Crippen molar-refractivity contribution in [3.05, 3.63) is 30.1 Å². The Bertz CT molecular complexity index is 1060. The number of anilines is 2.